The highest BCUT2D eigenvalue weighted by molar-refractivity contribution is 5.98. The minimum atomic E-state index is -0.507. The molecule has 1 aliphatic heterocycles. The standard InChI is InChI=1S/C13H16N4O3/c1-16(8-10-2-5-14-6-3-10)12(19)9-17-7-4-11(18)15-13(17)20/h2-3,5-6H,4,7-9H2,1H3,(H,15,18,20). The second-order valence-electron chi connectivity index (χ2n) is 4.63. The Balaban J connectivity index is 1.88. The summed E-state index contributed by atoms with van der Waals surface area (Å²) in [7, 11) is 1.68. The Labute approximate surface area is 116 Å². The lowest BCUT2D eigenvalue weighted by molar-refractivity contribution is -0.132. The minimum absolute atomic E-state index is 0.0271. The Kier molecular flexibility index (Phi) is 4.29. The summed E-state index contributed by atoms with van der Waals surface area (Å²) >= 11 is 0. The van der Waals surface area contributed by atoms with Crippen LogP contribution in [-0.4, -0.2) is 52.8 Å². The van der Waals surface area contributed by atoms with Crippen molar-refractivity contribution in [1.29, 1.82) is 0 Å². The van der Waals surface area contributed by atoms with Crippen molar-refractivity contribution < 1.29 is 14.4 Å². The lowest BCUT2D eigenvalue weighted by Gasteiger charge is -2.28. The Morgan fingerprint density at radius 3 is 2.75 bits per heavy atom. The molecule has 0 unspecified atom stereocenters. The summed E-state index contributed by atoms with van der Waals surface area (Å²) in [6, 6.07) is 3.15. The smallest absolute Gasteiger partial charge is 0.324 e. The van der Waals surface area contributed by atoms with Crippen molar-refractivity contribution in [3.8, 4) is 0 Å². The van der Waals surface area contributed by atoms with Crippen LogP contribution in [0.3, 0.4) is 0 Å². The second-order valence-corrected chi connectivity index (χ2v) is 4.63. The van der Waals surface area contributed by atoms with E-state index in [1.165, 1.54) is 4.90 Å². The number of hydrogen-bond donors (Lipinski definition) is 1. The molecule has 7 nitrogen and oxygen atoms in total. The monoisotopic (exact) mass is 276 g/mol. The van der Waals surface area contributed by atoms with Gasteiger partial charge in [-0.15, -0.1) is 0 Å². The molecule has 0 spiro atoms. The number of aromatic nitrogens is 1. The van der Waals surface area contributed by atoms with E-state index in [1.54, 1.807) is 24.3 Å². The highest BCUT2D eigenvalue weighted by Crippen LogP contribution is 2.04. The lowest BCUT2D eigenvalue weighted by Crippen LogP contribution is -2.52. The molecule has 4 amide bonds. The van der Waals surface area contributed by atoms with Gasteiger partial charge in [0.25, 0.3) is 0 Å². The van der Waals surface area contributed by atoms with Crippen LogP contribution in [0.5, 0.6) is 0 Å². The number of carbonyl (C=O) groups is 3. The third-order valence-corrected chi connectivity index (χ3v) is 3.06. The van der Waals surface area contributed by atoms with Gasteiger partial charge in [0.1, 0.15) is 6.54 Å². The number of amides is 4. The van der Waals surface area contributed by atoms with Gasteiger partial charge in [-0.3, -0.25) is 19.9 Å². The number of carbonyl (C=O) groups excluding carboxylic acids is 3. The normalized spacial score (nSPS) is 14.9. The van der Waals surface area contributed by atoms with Crippen LogP contribution in [-0.2, 0) is 16.1 Å². The molecule has 1 saturated heterocycles. The van der Waals surface area contributed by atoms with Crippen LogP contribution in [0, 0.1) is 0 Å². The number of likely N-dealkylation sites (N-methyl/N-ethyl adjacent to an activating group) is 1. The predicted molar refractivity (Wildman–Crippen MR) is 70.4 cm³/mol. The van der Waals surface area contributed by atoms with Gasteiger partial charge in [0.2, 0.25) is 11.8 Å². The molecule has 0 saturated carbocycles. The summed E-state index contributed by atoms with van der Waals surface area (Å²) in [6.45, 7) is 0.704. The summed E-state index contributed by atoms with van der Waals surface area (Å²) in [6.07, 6.45) is 3.56. The molecule has 1 aliphatic rings. The fourth-order valence-corrected chi connectivity index (χ4v) is 1.88. The molecule has 1 N–H and O–H groups in total. The van der Waals surface area contributed by atoms with E-state index in [1.807, 2.05) is 12.1 Å². The van der Waals surface area contributed by atoms with Gasteiger partial charge in [-0.2, -0.15) is 0 Å². The molecule has 2 rings (SSSR count). The number of pyridine rings is 1. The molecule has 2 heterocycles. The molecule has 0 aromatic carbocycles. The predicted octanol–water partition coefficient (Wildman–Crippen LogP) is -0.0181. The fourth-order valence-electron chi connectivity index (χ4n) is 1.88. The summed E-state index contributed by atoms with van der Waals surface area (Å²) in [5, 5.41) is 2.19. The van der Waals surface area contributed by atoms with Gasteiger partial charge in [0, 0.05) is 39.0 Å². The van der Waals surface area contributed by atoms with E-state index >= 15 is 0 Å². The van der Waals surface area contributed by atoms with Crippen LogP contribution in [0.15, 0.2) is 24.5 Å². The molecule has 20 heavy (non-hydrogen) atoms. The average molecular weight is 276 g/mol. The van der Waals surface area contributed by atoms with Crippen molar-refractivity contribution in [1.82, 2.24) is 20.1 Å². The Morgan fingerprint density at radius 2 is 2.10 bits per heavy atom. The Morgan fingerprint density at radius 1 is 1.40 bits per heavy atom. The quantitative estimate of drug-likeness (QED) is 0.838. The molecule has 1 fully saturated rings. The van der Waals surface area contributed by atoms with Crippen molar-refractivity contribution in [3.05, 3.63) is 30.1 Å². The van der Waals surface area contributed by atoms with Crippen LogP contribution in [0.1, 0.15) is 12.0 Å². The maximum Gasteiger partial charge on any atom is 0.324 e. The topological polar surface area (TPSA) is 82.6 Å². The summed E-state index contributed by atoms with van der Waals surface area (Å²) in [4.78, 5) is 41.4. The maximum absolute atomic E-state index is 12.0. The van der Waals surface area contributed by atoms with Crippen LogP contribution in [0.4, 0.5) is 4.79 Å². The van der Waals surface area contributed by atoms with E-state index in [-0.39, 0.29) is 31.3 Å². The van der Waals surface area contributed by atoms with Gasteiger partial charge in [-0.1, -0.05) is 0 Å². The number of urea groups is 1. The molecule has 0 bridgehead atoms. The fraction of sp³-hybridized carbons (Fsp3) is 0.385. The maximum atomic E-state index is 12.0. The van der Waals surface area contributed by atoms with Gasteiger partial charge >= 0.3 is 6.03 Å². The van der Waals surface area contributed by atoms with E-state index in [0.29, 0.717) is 6.54 Å². The minimum Gasteiger partial charge on any atom is -0.340 e. The van der Waals surface area contributed by atoms with Crippen LogP contribution in [0.2, 0.25) is 0 Å². The van der Waals surface area contributed by atoms with Crippen molar-refractivity contribution >= 4 is 17.8 Å². The van der Waals surface area contributed by atoms with Gasteiger partial charge in [-0.25, -0.2) is 4.79 Å². The zero-order chi connectivity index (χ0) is 14.5. The van der Waals surface area contributed by atoms with E-state index < -0.39 is 6.03 Å². The van der Waals surface area contributed by atoms with Gasteiger partial charge < -0.3 is 9.80 Å². The van der Waals surface area contributed by atoms with Crippen molar-refractivity contribution in [2.24, 2.45) is 0 Å². The van der Waals surface area contributed by atoms with Crippen LogP contribution < -0.4 is 5.32 Å². The zero-order valence-electron chi connectivity index (χ0n) is 11.2. The van der Waals surface area contributed by atoms with E-state index in [9.17, 15) is 14.4 Å². The second kappa shape index (κ2) is 6.14. The Bertz CT molecular complexity index is 518. The largest absolute Gasteiger partial charge is 0.340 e. The third-order valence-electron chi connectivity index (χ3n) is 3.06. The van der Waals surface area contributed by atoms with Crippen LogP contribution in [0.25, 0.3) is 0 Å². The summed E-state index contributed by atoms with van der Waals surface area (Å²) in [5.41, 5.74) is 0.967. The number of rotatable bonds is 4. The molecule has 1 aromatic rings. The SMILES string of the molecule is CN(Cc1ccncc1)C(=O)CN1CCC(=O)NC1=O. The summed E-state index contributed by atoms with van der Waals surface area (Å²) in [5.74, 6) is -0.477. The van der Waals surface area contributed by atoms with E-state index in [4.69, 9.17) is 0 Å². The highest BCUT2D eigenvalue weighted by Gasteiger charge is 2.25. The number of hydrogen-bond acceptors (Lipinski definition) is 4. The molecular formula is C13H16N4O3. The summed E-state index contributed by atoms with van der Waals surface area (Å²) < 4.78 is 0. The molecule has 0 radical (unpaired) electrons. The number of nitrogens with zero attached hydrogens (tertiary/aromatic N) is 3. The first-order valence-electron chi connectivity index (χ1n) is 6.28. The molecule has 1 aromatic heterocycles. The Hall–Kier alpha value is -2.44. The van der Waals surface area contributed by atoms with Gasteiger partial charge in [-0.05, 0) is 17.7 Å². The van der Waals surface area contributed by atoms with Crippen molar-refractivity contribution in [3.63, 3.8) is 0 Å². The number of imide groups is 1. The van der Waals surface area contributed by atoms with Crippen LogP contribution >= 0.6 is 0 Å². The first-order chi connectivity index (χ1) is 9.56. The first kappa shape index (κ1) is 14.0. The average Bonchev–Trinajstić information content (AvgIpc) is 2.43. The molecule has 0 atom stereocenters. The van der Waals surface area contributed by atoms with Gasteiger partial charge in [0.05, 0.1) is 0 Å². The third kappa shape index (κ3) is 3.53. The molecular weight excluding hydrogens is 260 g/mol. The number of nitrogens with one attached hydrogen (secondary N) is 1. The van der Waals surface area contributed by atoms with E-state index in [2.05, 4.69) is 10.3 Å². The first-order valence-corrected chi connectivity index (χ1v) is 6.28. The molecule has 106 valence electrons. The lowest BCUT2D eigenvalue weighted by atomic mass is 10.2. The molecule has 0 aliphatic carbocycles. The van der Waals surface area contributed by atoms with Gasteiger partial charge in [0.15, 0.2) is 0 Å². The molecule has 7 heteroatoms. The van der Waals surface area contributed by atoms with Crippen molar-refractivity contribution in [2.45, 2.75) is 13.0 Å². The van der Waals surface area contributed by atoms with Crippen molar-refractivity contribution in [2.75, 3.05) is 20.1 Å². The zero-order valence-corrected chi connectivity index (χ0v) is 11.2. The van der Waals surface area contributed by atoms with E-state index in [0.717, 1.165) is 5.56 Å². The highest BCUT2D eigenvalue weighted by atomic mass is 16.2.